The van der Waals surface area contributed by atoms with Crippen LogP contribution in [0.4, 0.5) is 10.1 Å². The highest BCUT2D eigenvalue weighted by Gasteiger charge is 2.34. The molecule has 0 unspecified atom stereocenters. The summed E-state index contributed by atoms with van der Waals surface area (Å²) in [4.78, 5) is 37.1. The van der Waals surface area contributed by atoms with E-state index in [1.807, 2.05) is 0 Å². The lowest BCUT2D eigenvalue weighted by atomic mass is 10.1. The van der Waals surface area contributed by atoms with Crippen molar-refractivity contribution in [2.75, 3.05) is 50.8 Å². The summed E-state index contributed by atoms with van der Waals surface area (Å²) in [5.41, 5.74) is 0.644. The molecule has 2 N–H and O–H groups in total. The molecule has 0 amide bonds. The summed E-state index contributed by atoms with van der Waals surface area (Å²) in [6.45, 7) is 4.23. The van der Waals surface area contributed by atoms with Gasteiger partial charge in [-0.1, -0.05) is 28.1 Å². The molecule has 0 radical (unpaired) electrons. The van der Waals surface area contributed by atoms with Crippen LogP contribution in [0.15, 0.2) is 57.6 Å². The predicted molar refractivity (Wildman–Crippen MR) is 131 cm³/mol. The number of nitrogens with one attached hydrogen (secondary N) is 2. The normalized spacial score (nSPS) is 17.1. The van der Waals surface area contributed by atoms with Gasteiger partial charge in [0.05, 0.1) is 36.3 Å². The van der Waals surface area contributed by atoms with Gasteiger partial charge in [-0.15, -0.1) is 0 Å². The zero-order valence-electron chi connectivity index (χ0n) is 18.3. The molecule has 2 aliphatic rings. The van der Waals surface area contributed by atoms with Crippen molar-refractivity contribution < 1.29 is 13.9 Å². The van der Waals surface area contributed by atoms with Crippen LogP contribution in [0, 0.1) is 5.82 Å². The van der Waals surface area contributed by atoms with Crippen molar-refractivity contribution in [3.8, 4) is 0 Å². The number of carbonyl (C=O) groups is 1. The number of Topliss-reactive ketones (excluding diaryl/α,β-unsaturated/α-hetero) is 1. The average molecular weight is 528 g/mol. The molecule has 10 heteroatoms. The first kappa shape index (κ1) is 22.7. The molecule has 176 valence electrons. The number of anilines is 1. The second-order valence-electron chi connectivity index (χ2n) is 8.14. The lowest BCUT2D eigenvalue weighted by Gasteiger charge is -2.28. The Bertz CT molecular complexity index is 1340. The molecular weight excluding hydrogens is 505 g/mol. The zero-order chi connectivity index (χ0) is 23.7. The summed E-state index contributed by atoms with van der Waals surface area (Å²) >= 11 is 3.40. The molecule has 3 aromatic rings. The van der Waals surface area contributed by atoms with E-state index in [-0.39, 0.29) is 35.0 Å². The van der Waals surface area contributed by atoms with Crippen LogP contribution >= 0.6 is 15.9 Å². The number of halogens is 2. The van der Waals surface area contributed by atoms with E-state index in [4.69, 9.17) is 4.74 Å². The van der Waals surface area contributed by atoms with Gasteiger partial charge in [-0.05, 0) is 30.3 Å². The van der Waals surface area contributed by atoms with Gasteiger partial charge in [0.25, 0.3) is 5.56 Å². The highest BCUT2D eigenvalue weighted by molar-refractivity contribution is 9.10. The molecule has 0 spiro atoms. The minimum atomic E-state index is -0.437. The van der Waals surface area contributed by atoms with Crippen molar-refractivity contribution in [2.24, 2.45) is 0 Å². The first-order valence-corrected chi connectivity index (χ1v) is 11.8. The maximum absolute atomic E-state index is 14.7. The number of para-hydroxylation sites is 1. The van der Waals surface area contributed by atoms with Crippen molar-refractivity contribution in [2.45, 2.75) is 0 Å². The van der Waals surface area contributed by atoms with Gasteiger partial charge in [0, 0.05) is 30.7 Å². The van der Waals surface area contributed by atoms with Crippen LogP contribution in [0.5, 0.6) is 0 Å². The monoisotopic (exact) mass is 527 g/mol. The van der Waals surface area contributed by atoms with Crippen molar-refractivity contribution >= 4 is 43.9 Å². The minimum Gasteiger partial charge on any atom is -0.379 e. The van der Waals surface area contributed by atoms with Crippen LogP contribution in [0.3, 0.4) is 0 Å². The molecule has 2 aliphatic heterocycles. The Morgan fingerprint density at radius 1 is 1.15 bits per heavy atom. The number of benzene rings is 2. The topological polar surface area (TPSA) is 90.6 Å². The van der Waals surface area contributed by atoms with E-state index < -0.39 is 5.82 Å². The molecule has 1 saturated heterocycles. The number of nitrogens with zero attached hydrogens (tertiary/aromatic N) is 3. The molecule has 0 saturated carbocycles. The van der Waals surface area contributed by atoms with Crippen LogP contribution in [0.1, 0.15) is 5.82 Å². The van der Waals surface area contributed by atoms with Crippen LogP contribution < -0.4 is 15.8 Å². The van der Waals surface area contributed by atoms with E-state index in [1.54, 1.807) is 41.3 Å². The zero-order valence-corrected chi connectivity index (χ0v) is 19.9. The van der Waals surface area contributed by atoms with Crippen molar-refractivity contribution in [3.63, 3.8) is 0 Å². The Balaban J connectivity index is 1.56. The first-order chi connectivity index (χ1) is 16.5. The lowest BCUT2D eigenvalue weighted by molar-refractivity contribution is -0.112. The summed E-state index contributed by atoms with van der Waals surface area (Å²) in [5.74, 6) is -0.100. The molecule has 0 aliphatic carbocycles. The second-order valence-corrected chi connectivity index (χ2v) is 9.06. The molecule has 2 aromatic carbocycles. The molecular formula is C24H23BrFN5O3. The number of morpholine rings is 1. The molecule has 0 bridgehead atoms. The van der Waals surface area contributed by atoms with E-state index in [0.717, 1.165) is 24.1 Å². The summed E-state index contributed by atoms with van der Waals surface area (Å²) in [6, 6.07) is 11.5. The van der Waals surface area contributed by atoms with Crippen molar-refractivity contribution in [3.05, 3.63) is 74.8 Å². The molecule has 1 fully saturated rings. The van der Waals surface area contributed by atoms with Gasteiger partial charge in [0.1, 0.15) is 23.0 Å². The third-order valence-electron chi connectivity index (χ3n) is 5.96. The Labute approximate surface area is 203 Å². The van der Waals surface area contributed by atoms with E-state index in [0.29, 0.717) is 36.5 Å². The fourth-order valence-corrected chi connectivity index (χ4v) is 4.61. The van der Waals surface area contributed by atoms with E-state index in [9.17, 15) is 14.0 Å². The number of hydrogen-bond donors (Lipinski definition) is 2. The molecule has 3 heterocycles. The number of carbonyl (C=O) groups excluding carboxylic acids is 1. The highest BCUT2D eigenvalue weighted by Crippen LogP contribution is 2.32. The summed E-state index contributed by atoms with van der Waals surface area (Å²) < 4.78 is 20.9. The molecule has 5 rings (SSSR count). The SMILES string of the molecule is O=C1CN(c2ccccc2F)C(NCCN2CCOCC2)=C1c1nc2cc(Br)ccc2c(=O)[nH]1. The summed E-state index contributed by atoms with van der Waals surface area (Å²) in [5, 5.41) is 3.75. The maximum Gasteiger partial charge on any atom is 0.259 e. The average Bonchev–Trinajstić information content (AvgIpc) is 3.15. The number of H-pyrrole nitrogens is 1. The Morgan fingerprint density at radius 3 is 2.74 bits per heavy atom. The van der Waals surface area contributed by atoms with Crippen LogP contribution in [-0.2, 0) is 9.53 Å². The second kappa shape index (κ2) is 9.65. The molecule has 1 aromatic heterocycles. The van der Waals surface area contributed by atoms with E-state index in [2.05, 4.69) is 36.1 Å². The van der Waals surface area contributed by atoms with Gasteiger partial charge >= 0.3 is 0 Å². The molecule has 34 heavy (non-hydrogen) atoms. The number of ketones is 1. The van der Waals surface area contributed by atoms with Gasteiger partial charge < -0.3 is 19.9 Å². The number of fused-ring (bicyclic) bond motifs is 1. The minimum absolute atomic E-state index is 0.0591. The third kappa shape index (κ3) is 4.48. The summed E-state index contributed by atoms with van der Waals surface area (Å²) in [7, 11) is 0. The number of aromatic nitrogens is 2. The number of hydrogen-bond acceptors (Lipinski definition) is 7. The fraction of sp³-hybridized carbons (Fsp3) is 0.292. The smallest absolute Gasteiger partial charge is 0.259 e. The lowest BCUT2D eigenvalue weighted by Crippen LogP contribution is -2.41. The number of ether oxygens (including phenoxy) is 1. The third-order valence-corrected chi connectivity index (χ3v) is 6.45. The maximum atomic E-state index is 14.7. The van der Waals surface area contributed by atoms with E-state index in [1.165, 1.54) is 6.07 Å². The Morgan fingerprint density at radius 2 is 1.94 bits per heavy atom. The molecule has 8 nitrogen and oxygen atoms in total. The predicted octanol–water partition coefficient (Wildman–Crippen LogP) is 2.50. The Hall–Kier alpha value is -3.08. The summed E-state index contributed by atoms with van der Waals surface area (Å²) in [6.07, 6.45) is 0. The standard InChI is InChI=1S/C24H23BrFN5O3/c25-15-5-6-16-18(13-15)28-22(29-24(16)33)21-20(32)14-31(19-4-2-1-3-17(19)26)23(21)27-7-8-30-9-11-34-12-10-30/h1-6,13,27H,7-12,14H2,(H,28,29,33). The van der Waals surface area contributed by atoms with Gasteiger partial charge in [-0.25, -0.2) is 9.37 Å². The number of aromatic amines is 1. The van der Waals surface area contributed by atoms with Gasteiger partial charge in [0.2, 0.25) is 0 Å². The van der Waals surface area contributed by atoms with Gasteiger partial charge in [-0.3, -0.25) is 14.5 Å². The quantitative estimate of drug-likeness (QED) is 0.508. The largest absolute Gasteiger partial charge is 0.379 e. The number of rotatable bonds is 6. The highest BCUT2D eigenvalue weighted by atomic mass is 79.9. The fourth-order valence-electron chi connectivity index (χ4n) is 4.26. The van der Waals surface area contributed by atoms with Crippen molar-refractivity contribution in [1.29, 1.82) is 0 Å². The van der Waals surface area contributed by atoms with Gasteiger partial charge in [0.15, 0.2) is 5.78 Å². The van der Waals surface area contributed by atoms with Crippen LogP contribution in [-0.4, -0.2) is 66.6 Å². The van der Waals surface area contributed by atoms with Gasteiger partial charge in [-0.2, -0.15) is 0 Å². The molecule has 0 atom stereocenters. The van der Waals surface area contributed by atoms with Crippen LogP contribution in [0.2, 0.25) is 0 Å². The van der Waals surface area contributed by atoms with Crippen LogP contribution in [0.25, 0.3) is 16.5 Å². The Kier molecular flexibility index (Phi) is 6.44. The first-order valence-electron chi connectivity index (χ1n) is 11.0. The van der Waals surface area contributed by atoms with E-state index >= 15 is 0 Å². The van der Waals surface area contributed by atoms with Crippen molar-refractivity contribution in [1.82, 2.24) is 20.2 Å².